The summed E-state index contributed by atoms with van der Waals surface area (Å²) in [6.45, 7) is 0.745. The summed E-state index contributed by atoms with van der Waals surface area (Å²) < 4.78 is 6.41. The first-order valence-electron chi connectivity index (χ1n) is 9.12. The summed E-state index contributed by atoms with van der Waals surface area (Å²) in [6, 6.07) is 5.75. The summed E-state index contributed by atoms with van der Waals surface area (Å²) in [5, 5.41) is 12.2. The van der Waals surface area contributed by atoms with E-state index >= 15 is 0 Å². The summed E-state index contributed by atoms with van der Waals surface area (Å²) in [6.07, 6.45) is 7.06. The topological polar surface area (TPSA) is 90.7 Å². The normalized spacial score (nSPS) is 14.1. The number of fused-ring (bicyclic) bond motifs is 1. The van der Waals surface area contributed by atoms with Crippen LogP contribution >= 0.6 is 23.1 Å². The third-order valence-corrected chi connectivity index (χ3v) is 5.89. The molecule has 1 aliphatic rings. The van der Waals surface area contributed by atoms with Crippen LogP contribution < -0.4 is 14.8 Å². The van der Waals surface area contributed by atoms with Crippen molar-refractivity contribution in [3.63, 3.8) is 0 Å². The largest absolute Gasteiger partial charge is 0.329 e. The minimum absolute atomic E-state index is 0.153. The van der Waals surface area contributed by atoms with Gasteiger partial charge in [0.05, 0.1) is 28.0 Å². The molecule has 4 heterocycles. The number of hydrogen-bond acceptors (Lipinski definition) is 6. The number of carbonyl (C=O) groups is 1. The van der Waals surface area contributed by atoms with Crippen molar-refractivity contribution in [3.8, 4) is 11.4 Å². The Bertz CT molecular complexity index is 1230. The molecule has 0 bridgehead atoms. The fourth-order valence-electron chi connectivity index (χ4n) is 3.48. The summed E-state index contributed by atoms with van der Waals surface area (Å²) in [5.74, 6) is 0.752. The Morgan fingerprint density at radius 3 is 3.07 bits per heavy atom. The number of halogens is 1. The number of anilines is 3. The Hall–Kier alpha value is -3.04. The van der Waals surface area contributed by atoms with Crippen LogP contribution in [0.2, 0.25) is 5.02 Å². The molecule has 1 fully saturated rings. The lowest BCUT2D eigenvalue weighted by molar-refractivity contribution is -0.670. The Labute approximate surface area is 175 Å². The van der Waals surface area contributed by atoms with Crippen LogP contribution in [0.25, 0.3) is 22.3 Å². The van der Waals surface area contributed by atoms with E-state index in [1.807, 2.05) is 47.1 Å². The molecular formula is C19H17ClN7OS+. The van der Waals surface area contributed by atoms with Gasteiger partial charge >= 0.3 is 0 Å². The number of rotatable bonds is 4. The third-order valence-electron chi connectivity index (χ3n) is 4.85. The molecule has 2 N–H and O–H groups in total. The second-order valence-corrected chi connectivity index (χ2v) is 8.03. The number of hydrogen-bond donors (Lipinski definition) is 2. The Morgan fingerprint density at radius 2 is 2.24 bits per heavy atom. The Kier molecular flexibility index (Phi) is 4.40. The van der Waals surface area contributed by atoms with Gasteiger partial charge in [0.15, 0.2) is 18.2 Å². The van der Waals surface area contributed by atoms with E-state index in [-0.39, 0.29) is 5.91 Å². The van der Waals surface area contributed by atoms with E-state index in [9.17, 15) is 4.79 Å². The predicted molar refractivity (Wildman–Crippen MR) is 112 cm³/mol. The SMILES string of the molecule is C[n+]1cc(-c2nsc(Nc3ccc4[nH]ncc4c3Cl)n2)cc(N2CCCC2=O)c1. The predicted octanol–water partition coefficient (Wildman–Crippen LogP) is 3.43. The maximum Gasteiger partial charge on any atom is 0.227 e. The molecule has 5 rings (SSSR count). The lowest BCUT2D eigenvalue weighted by atomic mass is 10.2. The highest BCUT2D eigenvalue weighted by atomic mass is 35.5. The van der Waals surface area contributed by atoms with E-state index in [0.29, 0.717) is 22.4 Å². The van der Waals surface area contributed by atoms with Gasteiger partial charge in [0.1, 0.15) is 12.7 Å². The van der Waals surface area contributed by atoms with Gasteiger partial charge in [0, 0.05) is 29.9 Å². The van der Waals surface area contributed by atoms with E-state index in [4.69, 9.17) is 11.6 Å². The molecule has 10 heteroatoms. The van der Waals surface area contributed by atoms with Gasteiger partial charge in [-0.05, 0) is 24.6 Å². The number of carbonyl (C=O) groups excluding carboxylic acids is 1. The molecule has 0 spiro atoms. The highest BCUT2D eigenvalue weighted by molar-refractivity contribution is 7.10. The van der Waals surface area contributed by atoms with Gasteiger partial charge in [-0.25, -0.2) is 4.57 Å². The van der Waals surface area contributed by atoms with Gasteiger partial charge in [-0.15, -0.1) is 0 Å². The van der Waals surface area contributed by atoms with Crippen LogP contribution in [0.5, 0.6) is 0 Å². The molecule has 3 aromatic heterocycles. The van der Waals surface area contributed by atoms with Crippen molar-refractivity contribution in [1.29, 1.82) is 0 Å². The fraction of sp³-hybridized carbons (Fsp3) is 0.211. The van der Waals surface area contributed by atoms with Crippen LogP contribution in [0.4, 0.5) is 16.5 Å². The van der Waals surface area contributed by atoms with Crippen molar-refractivity contribution in [1.82, 2.24) is 19.6 Å². The summed E-state index contributed by atoms with van der Waals surface area (Å²) in [7, 11) is 1.93. The Balaban J connectivity index is 1.44. The molecule has 0 saturated carbocycles. The molecule has 146 valence electrons. The van der Waals surface area contributed by atoms with E-state index < -0.39 is 0 Å². The van der Waals surface area contributed by atoms with Crippen LogP contribution in [0.15, 0.2) is 36.8 Å². The van der Waals surface area contributed by atoms with E-state index in [2.05, 4.69) is 24.9 Å². The van der Waals surface area contributed by atoms with Gasteiger partial charge < -0.3 is 10.2 Å². The van der Waals surface area contributed by atoms with Crippen molar-refractivity contribution in [2.24, 2.45) is 7.05 Å². The monoisotopic (exact) mass is 426 g/mol. The molecule has 1 aromatic carbocycles. The second kappa shape index (κ2) is 7.09. The standard InChI is InChI=1S/C19H17ClN7OS/c1-26-9-11(7-12(10-26)27-6-2-3-16(27)28)18-23-19(29-25-18)22-15-5-4-14-13(17(15)20)8-21-24-14/h4-5,7-10H,2-3,6H2,1H3,(H,21,24)(H,22,23,25)/q+1. The molecule has 4 aromatic rings. The number of H-pyrrole nitrogens is 1. The van der Waals surface area contributed by atoms with Crippen molar-refractivity contribution in [2.75, 3.05) is 16.8 Å². The molecule has 0 unspecified atom stereocenters. The number of pyridine rings is 1. The molecule has 8 nitrogen and oxygen atoms in total. The minimum Gasteiger partial charge on any atom is -0.329 e. The van der Waals surface area contributed by atoms with Crippen LogP contribution in [0, 0.1) is 0 Å². The zero-order valence-electron chi connectivity index (χ0n) is 15.5. The summed E-state index contributed by atoms with van der Waals surface area (Å²) >= 11 is 7.73. The van der Waals surface area contributed by atoms with Gasteiger partial charge in [0.2, 0.25) is 11.0 Å². The molecular weight excluding hydrogens is 410 g/mol. The lowest BCUT2D eigenvalue weighted by Gasteiger charge is -2.14. The lowest BCUT2D eigenvalue weighted by Crippen LogP contribution is -2.32. The molecule has 1 aliphatic heterocycles. The number of aromatic amines is 1. The average Bonchev–Trinajstić information content (AvgIpc) is 3.44. The molecule has 1 saturated heterocycles. The molecule has 0 atom stereocenters. The molecule has 1 amide bonds. The van der Waals surface area contributed by atoms with Gasteiger partial charge in [0.25, 0.3) is 0 Å². The maximum atomic E-state index is 12.1. The first kappa shape index (κ1) is 18.0. The van der Waals surface area contributed by atoms with Crippen molar-refractivity contribution in [2.45, 2.75) is 12.8 Å². The molecule has 29 heavy (non-hydrogen) atoms. The van der Waals surface area contributed by atoms with Crippen molar-refractivity contribution in [3.05, 3.63) is 41.8 Å². The van der Waals surface area contributed by atoms with E-state index in [1.54, 1.807) is 6.20 Å². The van der Waals surface area contributed by atoms with Crippen LogP contribution in [-0.4, -0.2) is 32.0 Å². The van der Waals surface area contributed by atoms with Crippen LogP contribution in [0.3, 0.4) is 0 Å². The van der Waals surface area contributed by atoms with Gasteiger partial charge in [-0.2, -0.15) is 14.5 Å². The summed E-state index contributed by atoms with van der Waals surface area (Å²) in [5.41, 5.74) is 3.33. The Morgan fingerprint density at radius 1 is 1.34 bits per heavy atom. The zero-order valence-corrected chi connectivity index (χ0v) is 17.1. The van der Waals surface area contributed by atoms with Gasteiger partial charge in [-0.1, -0.05) is 11.6 Å². The zero-order chi connectivity index (χ0) is 20.0. The smallest absolute Gasteiger partial charge is 0.227 e. The van der Waals surface area contributed by atoms with E-state index in [0.717, 1.165) is 40.8 Å². The number of aryl methyl sites for hydroxylation is 1. The van der Waals surface area contributed by atoms with Gasteiger partial charge in [-0.3, -0.25) is 9.89 Å². The highest BCUT2D eigenvalue weighted by Crippen LogP contribution is 2.33. The van der Waals surface area contributed by atoms with Crippen molar-refractivity contribution >= 4 is 56.4 Å². The van der Waals surface area contributed by atoms with E-state index in [1.165, 1.54) is 11.5 Å². The molecule has 0 radical (unpaired) electrons. The maximum absolute atomic E-state index is 12.1. The number of nitrogens with zero attached hydrogens (tertiary/aromatic N) is 5. The average molecular weight is 427 g/mol. The minimum atomic E-state index is 0.153. The molecule has 0 aliphatic carbocycles. The first-order chi connectivity index (χ1) is 14.1. The van der Waals surface area contributed by atoms with Crippen LogP contribution in [-0.2, 0) is 11.8 Å². The number of benzene rings is 1. The number of aromatic nitrogens is 5. The number of amides is 1. The first-order valence-corrected chi connectivity index (χ1v) is 10.3. The van der Waals surface area contributed by atoms with Crippen LogP contribution in [0.1, 0.15) is 12.8 Å². The third kappa shape index (κ3) is 3.32. The fourth-order valence-corrected chi connectivity index (χ4v) is 4.34. The highest BCUT2D eigenvalue weighted by Gasteiger charge is 2.25. The quantitative estimate of drug-likeness (QED) is 0.488. The summed E-state index contributed by atoms with van der Waals surface area (Å²) in [4.78, 5) is 18.5. The second-order valence-electron chi connectivity index (χ2n) is 6.90. The number of nitrogens with one attached hydrogen (secondary N) is 2. The van der Waals surface area contributed by atoms with Crippen molar-refractivity contribution < 1.29 is 9.36 Å².